The second kappa shape index (κ2) is 13.6. The number of rotatable bonds is 11. The summed E-state index contributed by atoms with van der Waals surface area (Å²) in [6, 6.07) is 3.82. The topological polar surface area (TPSA) is 96.9 Å². The molecule has 42 heavy (non-hydrogen) atoms. The van der Waals surface area contributed by atoms with E-state index in [1.165, 1.54) is 0 Å². The molecule has 3 N–H and O–H groups in total. The van der Waals surface area contributed by atoms with Crippen molar-refractivity contribution in [1.29, 1.82) is 0 Å². The minimum absolute atomic E-state index is 0.0127. The Bertz CT molecular complexity index is 1250. The van der Waals surface area contributed by atoms with Crippen molar-refractivity contribution in [2.24, 2.45) is 0 Å². The number of nitrogens with one attached hydrogen (secondary N) is 2. The van der Waals surface area contributed by atoms with Gasteiger partial charge in [0.1, 0.15) is 23.1 Å². The van der Waals surface area contributed by atoms with E-state index in [1.807, 2.05) is 0 Å². The van der Waals surface area contributed by atoms with Gasteiger partial charge in [0, 0.05) is 18.2 Å². The van der Waals surface area contributed by atoms with Crippen molar-refractivity contribution >= 4 is 11.8 Å². The molecule has 1 atom stereocenters. The van der Waals surface area contributed by atoms with Crippen LogP contribution in [0, 0.1) is 11.6 Å². The van der Waals surface area contributed by atoms with Gasteiger partial charge in [-0.25, -0.2) is 8.78 Å². The zero-order chi connectivity index (χ0) is 31.1. The van der Waals surface area contributed by atoms with Crippen LogP contribution in [-0.4, -0.2) is 48.3 Å². The van der Waals surface area contributed by atoms with Gasteiger partial charge in [-0.3, -0.25) is 9.59 Å². The van der Waals surface area contributed by atoms with Crippen LogP contribution in [0.5, 0.6) is 11.5 Å². The molecule has 2 amide bonds. The number of aliphatic hydroxyl groups excluding tert-OH is 1. The van der Waals surface area contributed by atoms with Gasteiger partial charge in [-0.1, -0.05) is 19.3 Å². The fourth-order valence-electron chi connectivity index (χ4n) is 4.67. The number of benzene rings is 2. The molecular formula is C27H28F8N2O5. The minimum atomic E-state index is -4.95. The van der Waals surface area contributed by atoms with Crippen molar-refractivity contribution in [2.75, 3.05) is 19.8 Å². The first-order valence-corrected chi connectivity index (χ1v) is 12.8. The molecule has 0 radical (unpaired) electrons. The molecule has 0 aliphatic heterocycles. The average Bonchev–Trinajstić information content (AvgIpc) is 2.89. The molecular weight excluding hydrogens is 584 g/mol. The SMILES string of the molecule is O=C(COc1ccc(C(F)(F)F)c(F)c1)NC[C@@H](O)CC1(NC(=O)COc2ccc(F)c(C(F)(F)F)c2)CCCCC1. The Kier molecular flexibility index (Phi) is 10.6. The van der Waals surface area contributed by atoms with Gasteiger partial charge < -0.3 is 25.2 Å². The summed E-state index contributed by atoms with van der Waals surface area (Å²) in [6.07, 6.45) is -7.73. The van der Waals surface area contributed by atoms with Gasteiger partial charge in [0.05, 0.1) is 17.2 Å². The van der Waals surface area contributed by atoms with Gasteiger partial charge >= 0.3 is 12.4 Å². The van der Waals surface area contributed by atoms with E-state index in [0.29, 0.717) is 49.9 Å². The number of amides is 2. The smallest absolute Gasteiger partial charge is 0.419 e. The predicted molar refractivity (Wildman–Crippen MR) is 131 cm³/mol. The number of ether oxygens (including phenoxy) is 2. The summed E-state index contributed by atoms with van der Waals surface area (Å²) in [6.45, 7) is -1.61. The lowest BCUT2D eigenvalue weighted by Gasteiger charge is -2.39. The lowest BCUT2D eigenvalue weighted by molar-refractivity contribution is -0.140. The monoisotopic (exact) mass is 612 g/mol. The molecule has 1 fully saturated rings. The van der Waals surface area contributed by atoms with E-state index in [-0.39, 0.29) is 24.5 Å². The zero-order valence-electron chi connectivity index (χ0n) is 22.0. The highest BCUT2D eigenvalue weighted by atomic mass is 19.4. The number of aliphatic hydroxyl groups is 1. The molecule has 0 spiro atoms. The highest BCUT2D eigenvalue weighted by Crippen LogP contribution is 2.35. The van der Waals surface area contributed by atoms with E-state index in [1.54, 1.807) is 0 Å². The Labute approximate surface area is 235 Å². The summed E-state index contributed by atoms with van der Waals surface area (Å²) in [5.41, 5.74) is -3.91. The van der Waals surface area contributed by atoms with Gasteiger partial charge in [0.2, 0.25) is 0 Å². The number of carbonyl (C=O) groups excluding carboxylic acids is 2. The standard InChI is InChI=1S/C27H28F8N2O5/c28-21-7-5-17(10-20(21)27(33,34)35)42-15-24(40)37-25(8-2-1-3-9-25)12-16(38)13-36-23(39)14-41-18-4-6-19(22(29)11-18)26(30,31)32/h4-7,10-11,16,38H,1-3,8-9,12-15H2,(H,36,39)(H,37,40)/t16-/m0/s1. The van der Waals surface area contributed by atoms with Gasteiger partial charge in [-0.05, 0) is 49.6 Å². The maximum absolute atomic E-state index is 13.7. The molecule has 1 aliphatic carbocycles. The first-order valence-electron chi connectivity index (χ1n) is 12.8. The average molecular weight is 613 g/mol. The molecule has 232 valence electrons. The van der Waals surface area contributed by atoms with Crippen LogP contribution in [0.15, 0.2) is 36.4 Å². The maximum Gasteiger partial charge on any atom is 0.419 e. The van der Waals surface area contributed by atoms with E-state index < -0.39 is 71.8 Å². The summed E-state index contributed by atoms with van der Waals surface area (Å²) in [4.78, 5) is 24.7. The quantitative estimate of drug-likeness (QED) is 0.306. The summed E-state index contributed by atoms with van der Waals surface area (Å²) < 4.78 is 114. The van der Waals surface area contributed by atoms with Gasteiger partial charge in [-0.2, -0.15) is 26.3 Å². The highest BCUT2D eigenvalue weighted by Gasteiger charge is 2.37. The van der Waals surface area contributed by atoms with Crippen LogP contribution in [0.2, 0.25) is 0 Å². The predicted octanol–water partition coefficient (Wildman–Crippen LogP) is 5.15. The van der Waals surface area contributed by atoms with Crippen LogP contribution in [0.1, 0.15) is 49.7 Å². The number of alkyl halides is 6. The molecule has 2 aromatic carbocycles. The van der Waals surface area contributed by atoms with Gasteiger partial charge in [-0.15, -0.1) is 0 Å². The van der Waals surface area contributed by atoms with Crippen molar-refractivity contribution in [3.05, 3.63) is 59.2 Å². The molecule has 0 aromatic heterocycles. The molecule has 3 rings (SSSR count). The Balaban J connectivity index is 1.50. The molecule has 2 aromatic rings. The highest BCUT2D eigenvalue weighted by molar-refractivity contribution is 5.78. The van der Waals surface area contributed by atoms with Gasteiger partial charge in [0.15, 0.2) is 13.2 Å². The van der Waals surface area contributed by atoms with E-state index in [2.05, 4.69) is 10.6 Å². The van der Waals surface area contributed by atoms with Crippen molar-refractivity contribution in [1.82, 2.24) is 10.6 Å². The first-order chi connectivity index (χ1) is 19.6. The van der Waals surface area contributed by atoms with E-state index >= 15 is 0 Å². The number of carbonyl (C=O) groups is 2. The second-order valence-corrected chi connectivity index (χ2v) is 9.91. The third-order valence-electron chi connectivity index (χ3n) is 6.61. The molecule has 0 heterocycles. The number of halogens is 8. The third-order valence-corrected chi connectivity index (χ3v) is 6.61. The summed E-state index contributed by atoms with van der Waals surface area (Å²) in [5, 5.41) is 15.7. The molecule has 0 saturated heterocycles. The summed E-state index contributed by atoms with van der Waals surface area (Å²) in [7, 11) is 0. The molecule has 1 aliphatic rings. The van der Waals surface area contributed by atoms with Crippen molar-refractivity contribution < 1.29 is 59.3 Å². The molecule has 0 bridgehead atoms. The Morgan fingerprint density at radius 2 is 1.38 bits per heavy atom. The fourth-order valence-corrected chi connectivity index (χ4v) is 4.67. The lowest BCUT2D eigenvalue weighted by Crippen LogP contribution is -2.54. The molecule has 15 heteroatoms. The molecule has 1 saturated carbocycles. The largest absolute Gasteiger partial charge is 0.484 e. The van der Waals surface area contributed by atoms with Crippen molar-refractivity contribution in [3.8, 4) is 11.5 Å². The number of hydrogen-bond donors (Lipinski definition) is 3. The second-order valence-electron chi connectivity index (χ2n) is 9.91. The Hall–Kier alpha value is -3.62. The normalized spacial score (nSPS) is 15.9. The van der Waals surface area contributed by atoms with E-state index in [9.17, 15) is 49.8 Å². The fraction of sp³-hybridized carbons (Fsp3) is 0.481. The third kappa shape index (κ3) is 9.46. The summed E-state index contributed by atoms with van der Waals surface area (Å²) in [5.74, 6) is -5.14. The van der Waals surface area contributed by atoms with Crippen LogP contribution in [0.3, 0.4) is 0 Å². The lowest BCUT2D eigenvalue weighted by atomic mass is 9.77. The van der Waals surface area contributed by atoms with Crippen LogP contribution >= 0.6 is 0 Å². The molecule has 7 nitrogen and oxygen atoms in total. The van der Waals surface area contributed by atoms with Crippen LogP contribution < -0.4 is 20.1 Å². The maximum atomic E-state index is 13.7. The van der Waals surface area contributed by atoms with Crippen LogP contribution in [0.4, 0.5) is 35.1 Å². The Morgan fingerprint density at radius 3 is 1.98 bits per heavy atom. The van der Waals surface area contributed by atoms with Gasteiger partial charge in [0.25, 0.3) is 11.8 Å². The first kappa shape index (κ1) is 32.9. The zero-order valence-corrected chi connectivity index (χ0v) is 22.0. The molecule has 0 unspecified atom stereocenters. The Morgan fingerprint density at radius 1 is 0.810 bits per heavy atom. The van der Waals surface area contributed by atoms with Crippen molar-refractivity contribution in [3.63, 3.8) is 0 Å². The number of hydrogen-bond acceptors (Lipinski definition) is 5. The van der Waals surface area contributed by atoms with E-state index in [0.717, 1.165) is 18.6 Å². The minimum Gasteiger partial charge on any atom is -0.484 e. The van der Waals surface area contributed by atoms with Crippen molar-refractivity contribution in [2.45, 2.75) is 62.5 Å². The van der Waals surface area contributed by atoms with E-state index in [4.69, 9.17) is 9.47 Å². The summed E-state index contributed by atoms with van der Waals surface area (Å²) >= 11 is 0. The van der Waals surface area contributed by atoms with Crippen LogP contribution in [0.25, 0.3) is 0 Å². The van der Waals surface area contributed by atoms with Crippen LogP contribution in [-0.2, 0) is 21.9 Å².